The molecule has 0 atom stereocenters. The predicted molar refractivity (Wildman–Crippen MR) is 202 cm³/mol. The number of pyridine rings is 1. The average molecular weight is 713 g/mol. The van der Waals surface area contributed by atoms with Gasteiger partial charge in [-0.3, -0.25) is 18.9 Å². The number of unbranched alkanes of at least 4 members (excludes halogenated alkanes) is 4. The maximum Gasteiger partial charge on any atom is 0.294 e. The molecule has 5 aromatic carbocycles. The molecule has 3 N–H and O–H groups in total. The van der Waals surface area contributed by atoms with E-state index >= 15 is 0 Å². The summed E-state index contributed by atoms with van der Waals surface area (Å²) in [7, 11) is -4.43. The van der Waals surface area contributed by atoms with E-state index in [1.165, 1.54) is 55.5 Å². The summed E-state index contributed by atoms with van der Waals surface area (Å²) in [5, 5.41) is 3.56. The lowest BCUT2D eigenvalue weighted by Gasteiger charge is -2.25. The minimum Gasteiger partial charge on any atom is -0.455 e. The monoisotopic (exact) mass is 712 g/mol. The lowest BCUT2D eigenvalue weighted by atomic mass is 9.80. The lowest BCUT2D eigenvalue weighted by Crippen LogP contribution is -2.24. The van der Waals surface area contributed by atoms with Crippen LogP contribution >= 0.6 is 0 Å². The van der Waals surface area contributed by atoms with E-state index < -0.39 is 21.5 Å². The third-order valence-electron chi connectivity index (χ3n) is 9.34. The summed E-state index contributed by atoms with van der Waals surface area (Å²) >= 11 is 0. The fraction of sp³-hybridized carbons (Fsp3) is 0.167. The molecule has 0 spiro atoms. The molecule has 0 aliphatic heterocycles. The number of aryl methyl sites for hydroxylation is 1. The van der Waals surface area contributed by atoms with Crippen molar-refractivity contribution in [1.29, 1.82) is 0 Å². The first-order valence-electron chi connectivity index (χ1n) is 17.3. The number of carbonyl (C=O) groups is 2. The number of ketones is 2. The summed E-state index contributed by atoms with van der Waals surface area (Å²) in [5.74, 6) is -0.110. The van der Waals surface area contributed by atoms with Crippen LogP contribution in [0.4, 0.5) is 11.4 Å². The van der Waals surface area contributed by atoms with Gasteiger partial charge in [0.25, 0.3) is 15.7 Å². The van der Waals surface area contributed by atoms with Crippen LogP contribution in [0.1, 0.15) is 76.4 Å². The highest BCUT2D eigenvalue weighted by atomic mass is 32.2. The molecule has 1 aliphatic rings. The molecule has 0 fully saturated rings. The first-order chi connectivity index (χ1) is 25.1. The number of anilines is 2. The highest BCUT2D eigenvalue weighted by molar-refractivity contribution is 7.85. The third kappa shape index (κ3) is 6.78. The van der Waals surface area contributed by atoms with Crippen molar-refractivity contribution in [3.63, 3.8) is 0 Å². The molecule has 1 aromatic heterocycles. The van der Waals surface area contributed by atoms with Crippen molar-refractivity contribution >= 4 is 44.0 Å². The Bertz CT molecular complexity index is 2490. The second-order valence-corrected chi connectivity index (χ2v) is 14.3. The van der Waals surface area contributed by atoms with E-state index in [0.717, 1.165) is 12.8 Å². The summed E-state index contributed by atoms with van der Waals surface area (Å²) in [6.07, 6.45) is 6.85. The maximum atomic E-state index is 14.4. The van der Waals surface area contributed by atoms with Gasteiger partial charge in [0, 0.05) is 33.8 Å². The van der Waals surface area contributed by atoms with Gasteiger partial charge in [0.1, 0.15) is 5.75 Å². The molecule has 0 radical (unpaired) electrons. The standard InChI is InChI=1S/C42H36N2O7S/c1-2-3-4-5-7-12-26-17-21-29(22-18-26)51-34-25-33(43-28-19-23-30(24-20-28)52(48,49)50)36-37-35(31-15-10-11-16-32(31)41(36)46)38(42(47)44-39(34)37)40(45)27-13-8-6-9-14-27/h6,8-11,13-25,43H,2-5,7,12H2,1H3,(H,44,47)(H,48,49,50). The molecule has 0 unspecified atom stereocenters. The van der Waals surface area contributed by atoms with Gasteiger partial charge in [0.15, 0.2) is 17.3 Å². The van der Waals surface area contributed by atoms with E-state index in [1.807, 2.05) is 24.3 Å². The van der Waals surface area contributed by atoms with Crippen LogP contribution in [0.25, 0.3) is 22.0 Å². The number of aromatic amines is 1. The van der Waals surface area contributed by atoms with Crippen molar-refractivity contribution in [1.82, 2.24) is 4.98 Å². The molecule has 9 nitrogen and oxygen atoms in total. The van der Waals surface area contributed by atoms with Crippen molar-refractivity contribution in [3.05, 3.63) is 147 Å². The van der Waals surface area contributed by atoms with Gasteiger partial charge >= 0.3 is 0 Å². The van der Waals surface area contributed by atoms with Crippen LogP contribution < -0.4 is 15.6 Å². The number of benzene rings is 5. The molecule has 0 amide bonds. The molecule has 6 aromatic rings. The summed E-state index contributed by atoms with van der Waals surface area (Å²) in [4.78, 5) is 45.2. The molecule has 262 valence electrons. The van der Waals surface area contributed by atoms with Crippen molar-refractivity contribution in [2.75, 3.05) is 5.32 Å². The van der Waals surface area contributed by atoms with Crippen LogP contribution in [0.3, 0.4) is 0 Å². The molecule has 7 rings (SSSR count). The van der Waals surface area contributed by atoms with Crippen molar-refractivity contribution in [2.24, 2.45) is 0 Å². The molecule has 0 saturated heterocycles. The van der Waals surface area contributed by atoms with E-state index in [1.54, 1.807) is 60.7 Å². The molecule has 10 heteroatoms. The summed E-state index contributed by atoms with van der Waals surface area (Å²) in [6.45, 7) is 2.20. The van der Waals surface area contributed by atoms with Gasteiger partial charge in [-0.15, -0.1) is 0 Å². The number of carbonyl (C=O) groups excluding carboxylic acids is 2. The van der Waals surface area contributed by atoms with Crippen molar-refractivity contribution in [3.8, 4) is 22.6 Å². The van der Waals surface area contributed by atoms with Gasteiger partial charge in [-0.1, -0.05) is 99.3 Å². The Hall–Kier alpha value is -5.84. The van der Waals surface area contributed by atoms with Crippen LogP contribution in [-0.2, 0) is 16.5 Å². The highest BCUT2D eigenvalue weighted by Crippen LogP contribution is 2.47. The topological polar surface area (TPSA) is 143 Å². The molecule has 0 saturated carbocycles. The van der Waals surface area contributed by atoms with Gasteiger partial charge < -0.3 is 15.0 Å². The molecule has 1 aliphatic carbocycles. The Kier molecular flexibility index (Phi) is 9.59. The molecule has 1 heterocycles. The Morgan fingerprint density at radius 2 is 1.46 bits per heavy atom. The Balaban J connectivity index is 1.41. The van der Waals surface area contributed by atoms with Crippen LogP contribution in [0.5, 0.6) is 11.5 Å². The number of nitrogens with one attached hydrogen (secondary N) is 2. The van der Waals surface area contributed by atoms with Gasteiger partial charge in [0.2, 0.25) is 0 Å². The van der Waals surface area contributed by atoms with Crippen LogP contribution in [0.15, 0.2) is 119 Å². The summed E-state index contributed by atoms with van der Waals surface area (Å²) in [6, 6.07) is 30.1. The largest absolute Gasteiger partial charge is 0.455 e. The number of aromatic nitrogens is 1. The van der Waals surface area contributed by atoms with Gasteiger partial charge in [-0.05, 0) is 60.4 Å². The number of rotatable bonds is 13. The fourth-order valence-corrected chi connectivity index (χ4v) is 7.25. The summed E-state index contributed by atoms with van der Waals surface area (Å²) in [5.41, 5.74) is 2.98. The Labute approximate surface area is 301 Å². The predicted octanol–water partition coefficient (Wildman–Crippen LogP) is 9.27. The van der Waals surface area contributed by atoms with Crippen LogP contribution in [0.2, 0.25) is 0 Å². The smallest absolute Gasteiger partial charge is 0.294 e. The number of fused-ring (bicyclic) bond motifs is 2. The van der Waals surface area contributed by atoms with Crippen molar-refractivity contribution in [2.45, 2.75) is 50.3 Å². The molecular formula is C42H36N2O7S. The SMILES string of the molecule is CCCCCCCc1ccc(Oc2cc(Nc3ccc(S(=O)(=O)O)cc3)c3c4c(c(C(=O)c5ccccc5)c(=O)[nH]c24)-c2ccccc2C3=O)cc1. The van der Waals surface area contributed by atoms with E-state index in [4.69, 9.17) is 4.74 Å². The van der Waals surface area contributed by atoms with Crippen LogP contribution in [0, 0.1) is 0 Å². The van der Waals surface area contributed by atoms with E-state index in [-0.39, 0.29) is 33.1 Å². The highest BCUT2D eigenvalue weighted by Gasteiger charge is 2.34. The zero-order valence-electron chi connectivity index (χ0n) is 28.4. The zero-order chi connectivity index (χ0) is 36.4. The normalized spacial score (nSPS) is 12.1. The Morgan fingerprint density at radius 1 is 0.788 bits per heavy atom. The number of hydrogen-bond donors (Lipinski definition) is 3. The molecule has 52 heavy (non-hydrogen) atoms. The summed E-state index contributed by atoms with van der Waals surface area (Å²) < 4.78 is 39.4. The average Bonchev–Trinajstić information content (AvgIpc) is 3.15. The van der Waals surface area contributed by atoms with Gasteiger partial charge in [-0.25, -0.2) is 0 Å². The molecule has 0 bridgehead atoms. The first-order valence-corrected chi connectivity index (χ1v) is 18.7. The fourth-order valence-electron chi connectivity index (χ4n) is 6.77. The van der Waals surface area contributed by atoms with E-state index in [2.05, 4.69) is 17.2 Å². The van der Waals surface area contributed by atoms with E-state index in [0.29, 0.717) is 44.8 Å². The van der Waals surface area contributed by atoms with Gasteiger partial charge in [-0.2, -0.15) is 8.42 Å². The minimum atomic E-state index is -4.43. The minimum absolute atomic E-state index is 0.108. The quantitative estimate of drug-likeness (QED) is 0.0610. The number of H-pyrrole nitrogens is 1. The van der Waals surface area contributed by atoms with Crippen LogP contribution in [-0.4, -0.2) is 29.5 Å². The second-order valence-electron chi connectivity index (χ2n) is 12.9. The number of ether oxygens (including phenoxy) is 1. The maximum absolute atomic E-state index is 14.4. The lowest BCUT2D eigenvalue weighted by molar-refractivity contribution is 0.102. The molecular weight excluding hydrogens is 677 g/mol. The van der Waals surface area contributed by atoms with Gasteiger partial charge in [0.05, 0.1) is 27.2 Å². The Morgan fingerprint density at radius 3 is 2.15 bits per heavy atom. The number of hydrogen-bond acceptors (Lipinski definition) is 7. The third-order valence-corrected chi connectivity index (χ3v) is 10.2. The second kappa shape index (κ2) is 14.4. The van der Waals surface area contributed by atoms with E-state index in [9.17, 15) is 27.4 Å². The first kappa shape index (κ1) is 34.6. The zero-order valence-corrected chi connectivity index (χ0v) is 29.3. The van der Waals surface area contributed by atoms with Crippen molar-refractivity contribution < 1.29 is 27.3 Å².